The SMILES string of the molecule is CC/C=C\C/C=C\C/C=C\C/C=C\C/C=C\CCCC(=O)OC(COC(=O)CCCCCCCCCCCCCCCCCC)COP(=O)([O-])OCC[N+](C)(C)C. The van der Waals surface area contributed by atoms with Crippen molar-refractivity contribution in [2.24, 2.45) is 0 Å². The number of carbonyl (C=O) groups excluding carboxylic acids is 2. The van der Waals surface area contributed by atoms with E-state index in [1.807, 2.05) is 27.2 Å². The van der Waals surface area contributed by atoms with Crippen LogP contribution in [0.4, 0.5) is 0 Å². The summed E-state index contributed by atoms with van der Waals surface area (Å²) in [7, 11) is 1.12. The lowest BCUT2D eigenvalue weighted by molar-refractivity contribution is -0.870. The summed E-state index contributed by atoms with van der Waals surface area (Å²) in [6, 6.07) is 0. The minimum atomic E-state index is -4.64. The number of likely N-dealkylation sites (N-methyl/N-ethyl adjacent to an activating group) is 1. The van der Waals surface area contributed by atoms with Crippen LogP contribution in [0.25, 0.3) is 0 Å². The molecule has 2 atom stereocenters. The molecule has 0 aromatic carbocycles. The van der Waals surface area contributed by atoms with Gasteiger partial charge in [-0.25, -0.2) is 0 Å². The van der Waals surface area contributed by atoms with Crippen molar-refractivity contribution in [1.29, 1.82) is 0 Å². The summed E-state index contributed by atoms with van der Waals surface area (Å²) in [6.45, 7) is 4.05. The first-order valence-electron chi connectivity index (χ1n) is 22.5. The van der Waals surface area contributed by atoms with Crippen LogP contribution in [0.1, 0.15) is 174 Å². The van der Waals surface area contributed by atoms with Crippen LogP contribution in [0.2, 0.25) is 0 Å². The maximum atomic E-state index is 12.7. The van der Waals surface area contributed by atoms with Gasteiger partial charge in [-0.2, -0.15) is 0 Å². The third-order valence-corrected chi connectivity index (χ3v) is 10.3. The number of rotatable bonds is 40. The highest BCUT2D eigenvalue weighted by Crippen LogP contribution is 2.38. The molecular weight excluding hydrogens is 737 g/mol. The van der Waals surface area contributed by atoms with Crippen LogP contribution in [0.15, 0.2) is 60.8 Å². The highest BCUT2D eigenvalue weighted by molar-refractivity contribution is 7.45. The fraction of sp³-hybridized carbons (Fsp3) is 0.745. The van der Waals surface area contributed by atoms with Gasteiger partial charge < -0.3 is 27.9 Å². The minimum absolute atomic E-state index is 0.0428. The standard InChI is InChI=1S/C47H84NO8P/c1-6-8-10-12-14-16-18-20-22-24-26-28-30-32-34-36-38-40-47(50)56-45(44-55-57(51,52)54-42-41-48(3,4)5)43-53-46(49)39-37-35-33-31-29-27-25-23-21-19-17-15-13-11-9-7-2/h8,10,14,16,20,22,26,28,32,34,45H,6-7,9,11-13,15,17-19,21,23-25,27,29-31,33,35-44H2,1-5H3/b10-8-,16-14-,22-20-,28-26-,34-32-. The topological polar surface area (TPSA) is 111 Å². The van der Waals surface area contributed by atoms with E-state index in [9.17, 15) is 19.0 Å². The van der Waals surface area contributed by atoms with Gasteiger partial charge in [0.1, 0.15) is 19.8 Å². The highest BCUT2D eigenvalue weighted by Gasteiger charge is 2.21. The molecule has 0 N–H and O–H groups in total. The van der Waals surface area contributed by atoms with Crippen molar-refractivity contribution in [2.75, 3.05) is 47.5 Å². The molecule has 0 aliphatic rings. The number of esters is 2. The van der Waals surface area contributed by atoms with Crippen LogP contribution >= 0.6 is 7.82 Å². The molecule has 0 aromatic heterocycles. The Morgan fingerprint density at radius 2 is 1.00 bits per heavy atom. The van der Waals surface area contributed by atoms with Crippen molar-refractivity contribution >= 4 is 19.8 Å². The Labute approximate surface area is 349 Å². The molecule has 9 nitrogen and oxygen atoms in total. The first kappa shape index (κ1) is 54.7. The van der Waals surface area contributed by atoms with Crippen molar-refractivity contribution in [1.82, 2.24) is 0 Å². The zero-order valence-electron chi connectivity index (χ0n) is 37.0. The molecule has 2 unspecified atom stereocenters. The number of ether oxygens (including phenoxy) is 2. The third-order valence-electron chi connectivity index (χ3n) is 9.30. The maximum absolute atomic E-state index is 12.7. The molecule has 0 spiro atoms. The average molecular weight is 822 g/mol. The molecule has 0 rings (SSSR count). The van der Waals surface area contributed by atoms with Crippen molar-refractivity contribution in [2.45, 2.75) is 180 Å². The smallest absolute Gasteiger partial charge is 0.306 e. The fourth-order valence-electron chi connectivity index (χ4n) is 5.81. The predicted octanol–water partition coefficient (Wildman–Crippen LogP) is 12.2. The second-order valence-electron chi connectivity index (χ2n) is 16.0. The molecule has 0 aliphatic carbocycles. The van der Waals surface area contributed by atoms with Gasteiger partial charge in [-0.15, -0.1) is 0 Å². The number of hydrogen-bond acceptors (Lipinski definition) is 8. The normalized spacial score (nSPS) is 14.1. The zero-order chi connectivity index (χ0) is 42.1. The molecule has 0 saturated carbocycles. The van der Waals surface area contributed by atoms with E-state index >= 15 is 0 Å². The van der Waals surface area contributed by atoms with Gasteiger partial charge in [-0.3, -0.25) is 14.2 Å². The summed E-state index contributed by atoms with van der Waals surface area (Å²) in [5.74, 6) is -0.902. The van der Waals surface area contributed by atoms with E-state index in [0.29, 0.717) is 23.9 Å². The predicted molar refractivity (Wildman–Crippen MR) is 236 cm³/mol. The lowest BCUT2D eigenvalue weighted by Crippen LogP contribution is -2.37. The van der Waals surface area contributed by atoms with Gasteiger partial charge in [-0.1, -0.05) is 171 Å². The number of hydrogen-bond donors (Lipinski definition) is 0. The largest absolute Gasteiger partial charge is 0.756 e. The highest BCUT2D eigenvalue weighted by atomic mass is 31.2. The van der Waals surface area contributed by atoms with Crippen LogP contribution in [-0.2, 0) is 32.7 Å². The van der Waals surface area contributed by atoms with Crippen molar-refractivity contribution < 1.29 is 42.1 Å². The number of phosphoric ester groups is 1. The summed E-state index contributed by atoms with van der Waals surface area (Å²) in [4.78, 5) is 37.5. The Hall–Kier alpha value is -2.29. The number of carbonyl (C=O) groups is 2. The number of allylic oxidation sites excluding steroid dienone is 10. The first-order valence-corrected chi connectivity index (χ1v) is 24.0. The molecule has 0 saturated heterocycles. The Morgan fingerprint density at radius 3 is 1.47 bits per heavy atom. The summed E-state index contributed by atoms with van der Waals surface area (Å²) in [5.41, 5.74) is 0. The van der Waals surface area contributed by atoms with E-state index in [1.165, 1.54) is 83.5 Å². The molecule has 57 heavy (non-hydrogen) atoms. The molecule has 0 amide bonds. The average Bonchev–Trinajstić information content (AvgIpc) is 3.16. The first-order chi connectivity index (χ1) is 27.5. The molecule has 0 bridgehead atoms. The Bertz CT molecular complexity index is 1160. The Morgan fingerprint density at radius 1 is 0.561 bits per heavy atom. The van der Waals surface area contributed by atoms with Gasteiger partial charge in [0.15, 0.2) is 6.10 Å². The van der Waals surface area contributed by atoms with Crippen LogP contribution in [0.5, 0.6) is 0 Å². The van der Waals surface area contributed by atoms with E-state index in [1.54, 1.807) is 0 Å². The van der Waals surface area contributed by atoms with Crippen LogP contribution < -0.4 is 4.89 Å². The van der Waals surface area contributed by atoms with Crippen LogP contribution in [0.3, 0.4) is 0 Å². The maximum Gasteiger partial charge on any atom is 0.306 e. The van der Waals surface area contributed by atoms with E-state index < -0.39 is 32.5 Å². The van der Waals surface area contributed by atoms with Crippen molar-refractivity contribution in [3.05, 3.63) is 60.8 Å². The summed E-state index contributed by atoms with van der Waals surface area (Å²) < 4.78 is 33.8. The van der Waals surface area contributed by atoms with Gasteiger partial charge in [0.25, 0.3) is 7.82 Å². The number of quaternary nitrogens is 1. The van der Waals surface area contributed by atoms with Crippen LogP contribution in [0, 0.1) is 0 Å². The van der Waals surface area contributed by atoms with Gasteiger partial charge in [0.2, 0.25) is 0 Å². The summed E-state index contributed by atoms with van der Waals surface area (Å²) in [6.07, 6.45) is 46.8. The number of nitrogens with zero attached hydrogens (tertiary/aromatic N) is 1. The number of unbranched alkanes of at least 4 members (excludes halogenated alkanes) is 16. The minimum Gasteiger partial charge on any atom is -0.756 e. The molecule has 0 fully saturated rings. The second kappa shape index (κ2) is 39.2. The van der Waals surface area contributed by atoms with Crippen molar-refractivity contribution in [3.63, 3.8) is 0 Å². The van der Waals surface area contributed by atoms with Crippen molar-refractivity contribution in [3.8, 4) is 0 Å². The molecule has 10 heteroatoms. The molecule has 330 valence electrons. The monoisotopic (exact) mass is 822 g/mol. The van der Waals surface area contributed by atoms with Gasteiger partial charge in [0.05, 0.1) is 27.7 Å². The Kier molecular flexibility index (Phi) is 37.6. The summed E-state index contributed by atoms with van der Waals surface area (Å²) >= 11 is 0. The van der Waals surface area contributed by atoms with E-state index in [4.69, 9.17) is 18.5 Å². The molecule has 0 radical (unpaired) electrons. The molecule has 0 heterocycles. The molecule has 0 aromatic rings. The van der Waals surface area contributed by atoms with Gasteiger partial charge >= 0.3 is 11.9 Å². The summed E-state index contributed by atoms with van der Waals surface area (Å²) in [5, 5.41) is 0. The van der Waals surface area contributed by atoms with E-state index in [2.05, 4.69) is 68.5 Å². The van der Waals surface area contributed by atoms with E-state index in [-0.39, 0.29) is 26.1 Å². The second-order valence-corrected chi connectivity index (χ2v) is 17.4. The van der Waals surface area contributed by atoms with Gasteiger partial charge in [0, 0.05) is 12.8 Å². The Balaban J connectivity index is 4.44. The van der Waals surface area contributed by atoms with Crippen LogP contribution in [-0.4, -0.2) is 70.0 Å². The molecule has 0 aliphatic heterocycles. The quantitative estimate of drug-likeness (QED) is 0.0197. The van der Waals surface area contributed by atoms with E-state index in [0.717, 1.165) is 51.4 Å². The lowest BCUT2D eigenvalue weighted by atomic mass is 10.0. The number of phosphoric acid groups is 1. The fourth-order valence-corrected chi connectivity index (χ4v) is 6.54. The van der Waals surface area contributed by atoms with Gasteiger partial charge in [-0.05, 0) is 51.4 Å². The molecular formula is C47H84NO8P. The third kappa shape index (κ3) is 43.1. The zero-order valence-corrected chi connectivity index (χ0v) is 37.9. The lowest BCUT2D eigenvalue weighted by Gasteiger charge is -2.28.